The van der Waals surface area contributed by atoms with Gasteiger partial charge in [0.25, 0.3) is 0 Å². The molecular formula is C17H16N8. The SMILES string of the molecule is Nc1ncc(-c2cn[nH]c2)nc1N(N)Cc1ccc2ncccc2c1. The number of rotatable bonds is 4. The van der Waals surface area contributed by atoms with Crippen molar-refractivity contribution in [2.24, 2.45) is 5.84 Å². The maximum Gasteiger partial charge on any atom is 0.186 e. The van der Waals surface area contributed by atoms with Crippen molar-refractivity contribution in [1.82, 2.24) is 25.1 Å². The minimum atomic E-state index is 0.275. The Morgan fingerprint density at radius 3 is 2.88 bits per heavy atom. The van der Waals surface area contributed by atoms with Crippen molar-refractivity contribution < 1.29 is 0 Å². The molecule has 5 N–H and O–H groups in total. The Hall–Kier alpha value is -3.52. The average Bonchev–Trinajstić information content (AvgIpc) is 3.16. The number of nitrogens with one attached hydrogen (secondary N) is 1. The van der Waals surface area contributed by atoms with Gasteiger partial charge in [-0.3, -0.25) is 15.1 Å². The largest absolute Gasteiger partial charge is 0.381 e. The number of fused-ring (bicyclic) bond motifs is 1. The molecule has 0 saturated carbocycles. The van der Waals surface area contributed by atoms with E-state index in [1.54, 1.807) is 24.8 Å². The Bertz CT molecular complexity index is 1010. The summed E-state index contributed by atoms with van der Waals surface area (Å²) in [6.07, 6.45) is 6.77. The number of aromatic amines is 1. The van der Waals surface area contributed by atoms with E-state index in [4.69, 9.17) is 11.6 Å². The number of anilines is 2. The lowest BCUT2D eigenvalue weighted by molar-refractivity contribution is 0.831. The Kier molecular flexibility index (Phi) is 3.71. The summed E-state index contributed by atoms with van der Waals surface area (Å²) in [7, 11) is 0. The molecule has 0 aliphatic heterocycles. The first-order chi connectivity index (χ1) is 12.2. The van der Waals surface area contributed by atoms with E-state index >= 15 is 0 Å². The first-order valence-electron chi connectivity index (χ1n) is 7.68. The first kappa shape index (κ1) is 15.0. The summed E-state index contributed by atoms with van der Waals surface area (Å²) in [6, 6.07) is 9.92. The third-order valence-corrected chi connectivity index (χ3v) is 3.87. The van der Waals surface area contributed by atoms with Crippen molar-refractivity contribution >= 4 is 22.5 Å². The van der Waals surface area contributed by atoms with E-state index in [1.807, 2.05) is 30.3 Å². The number of H-pyrrole nitrogens is 1. The number of hydrazine groups is 1. The standard InChI is InChI=1S/C17H16N8/c18-16-17(24-15(9-21-16)13-7-22-23-8-13)25(19)10-11-3-4-14-12(6-11)2-1-5-20-14/h1-9H,10,19H2,(H2,18,21)(H,22,23). The van der Waals surface area contributed by atoms with E-state index in [9.17, 15) is 0 Å². The summed E-state index contributed by atoms with van der Waals surface area (Å²) in [5.41, 5.74) is 9.39. The molecule has 0 aliphatic rings. The van der Waals surface area contributed by atoms with Gasteiger partial charge in [0.1, 0.15) is 0 Å². The highest BCUT2D eigenvalue weighted by Crippen LogP contribution is 2.23. The second-order valence-electron chi connectivity index (χ2n) is 5.61. The van der Waals surface area contributed by atoms with Crippen LogP contribution >= 0.6 is 0 Å². The fourth-order valence-electron chi connectivity index (χ4n) is 2.63. The predicted octanol–water partition coefficient (Wildman–Crippen LogP) is 1.88. The molecule has 124 valence electrons. The molecular weight excluding hydrogens is 316 g/mol. The molecule has 0 saturated heterocycles. The maximum absolute atomic E-state index is 6.21. The second kappa shape index (κ2) is 6.17. The quantitative estimate of drug-likeness (QED) is 0.385. The normalized spacial score (nSPS) is 10.9. The monoisotopic (exact) mass is 332 g/mol. The van der Waals surface area contributed by atoms with Crippen molar-refractivity contribution in [3.05, 3.63) is 60.7 Å². The Labute approximate surface area is 143 Å². The highest BCUT2D eigenvalue weighted by Gasteiger charge is 2.13. The van der Waals surface area contributed by atoms with Crippen LogP contribution in [0.25, 0.3) is 22.2 Å². The minimum Gasteiger partial charge on any atom is -0.381 e. The minimum absolute atomic E-state index is 0.275. The van der Waals surface area contributed by atoms with E-state index in [0.717, 1.165) is 22.0 Å². The molecule has 3 heterocycles. The van der Waals surface area contributed by atoms with E-state index in [0.29, 0.717) is 18.1 Å². The number of benzene rings is 1. The summed E-state index contributed by atoms with van der Waals surface area (Å²) in [5.74, 6) is 6.90. The Balaban J connectivity index is 1.63. The van der Waals surface area contributed by atoms with Gasteiger partial charge in [-0.1, -0.05) is 12.1 Å². The molecule has 1 aromatic carbocycles. The average molecular weight is 332 g/mol. The highest BCUT2D eigenvalue weighted by molar-refractivity contribution is 5.79. The molecule has 3 aromatic heterocycles. The number of hydrogen-bond donors (Lipinski definition) is 3. The molecule has 0 spiro atoms. The summed E-state index contributed by atoms with van der Waals surface area (Å²) in [4.78, 5) is 13.0. The van der Waals surface area contributed by atoms with Gasteiger partial charge in [0.15, 0.2) is 11.6 Å². The van der Waals surface area contributed by atoms with Gasteiger partial charge in [0.2, 0.25) is 0 Å². The van der Waals surface area contributed by atoms with Gasteiger partial charge in [0.05, 0.1) is 30.1 Å². The lowest BCUT2D eigenvalue weighted by Gasteiger charge is -2.19. The number of nitrogens with zero attached hydrogens (tertiary/aromatic N) is 5. The lowest BCUT2D eigenvalue weighted by atomic mass is 10.1. The van der Waals surface area contributed by atoms with Gasteiger partial charge in [0, 0.05) is 23.3 Å². The molecule has 0 radical (unpaired) electrons. The van der Waals surface area contributed by atoms with Crippen LogP contribution < -0.4 is 16.6 Å². The summed E-state index contributed by atoms with van der Waals surface area (Å²) in [5, 5.41) is 9.21. The van der Waals surface area contributed by atoms with Crippen molar-refractivity contribution in [2.75, 3.05) is 10.7 Å². The molecule has 0 aliphatic carbocycles. The van der Waals surface area contributed by atoms with Crippen molar-refractivity contribution in [1.29, 1.82) is 0 Å². The number of hydrogen-bond acceptors (Lipinski definition) is 7. The molecule has 8 nitrogen and oxygen atoms in total. The van der Waals surface area contributed by atoms with E-state index in [2.05, 4.69) is 25.1 Å². The zero-order chi connectivity index (χ0) is 17.2. The van der Waals surface area contributed by atoms with Gasteiger partial charge < -0.3 is 5.73 Å². The molecule has 4 rings (SSSR count). The summed E-state index contributed by atoms with van der Waals surface area (Å²) in [6.45, 7) is 0.443. The number of nitrogens with two attached hydrogens (primary N) is 2. The van der Waals surface area contributed by atoms with Crippen LogP contribution in [-0.4, -0.2) is 25.1 Å². The molecule has 0 unspecified atom stereocenters. The van der Waals surface area contributed by atoms with Crippen LogP contribution in [-0.2, 0) is 6.54 Å². The summed E-state index contributed by atoms with van der Waals surface area (Å²) < 4.78 is 0. The third-order valence-electron chi connectivity index (χ3n) is 3.87. The zero-order valence-corrected chi connectivity index (χ0v) is 13.3. The van der Waals surface area contributed by atoms with Gasteiger partial charge in [-0.05, 0) is 23.8 Å². The first-order valence-corrected chi connectivity index (χ1v) is 7.68. The molecule has 0 amide bonds. The van der Waals surface area contributed by atoms with Gasteiger partial charge in [-0.2, -0.15) is 5.10 Å². The van der Waals surface area contributed by atoms with Crippen LogP contribution in [0.1, 0.15) is 5.56 Å². The molecule has 0 bridgehead atoms. The van der Waals surface area contributed by atoms with Gasteiger partial charge in [-0.25, -0.2) is 15.8 Å². The van der Waals surface area contributed by atoms with Crippen molar-refractivity contribution in [3.8, 4) is 11.3 Å². The van der Waals surface area contributed by atoms with Crippen molar-refractivity contribution in [2.45, 2.75) is 6.54 Å². The highest BCUT2D eigenvalue weighted by atomic mass is 15.4. The smallest absolute Gasteiger partial charge is 0.186 e. The van der Waals surface area contributed by atoms with Crippen LogP contribution in [0.4, 0.5) is 11.6 Å². The third kappa shape index (κ3) is 2.98. The van der Waals surface area contributed by atoms with Gasteiger partial charge >= 0.3 is 0 Å². The van der Waals surface area contributed by atoms with E-state index < -0.39 is 0 Å². The Morgan fingerprint density at radius 1 is 1.12 bits per heavy atom. The number of pyridine rings is 1. The topological polar surface area (TPSA) is 123 Å². The number of nitrogen functional groups attached to an aromatic ring is 1. The maximum atomic E-state index is 6.21. The predicted molar refractivity (Wildman–Crippen MR) is 96.1 cm³/mol. The molecule has 4 aromatic rings. The Morgan fingerprint density at radius 2 is 2.04 bits per heavy atom. The number of aromatic nitrogens is 5. The van der Waals surface area contributed by atoms with Crippen LogP contribution in [0.5, 0.6) is 0 Å². The molecule has 8 heteroatoms. The van der Waals surface area contributed by atoms with Crippen LogP contribution in [0.15, 0.2) is 55.1 Å². The molecule has 0 fully saturated rings. The fraction of sp³-hybridized carbons (Fsp3) is 0.0588. The zero-order valence-electron chi connectivity index (χ0n) is 13.3. The molecule has 25 heavy (non-hydrogen) atoms. The molecule has 0 atom stereocenters. The van der Waals surface area contributed by atoms with E-state index in [1.165, 1.54) is 5.01 Å². The summed E-state index contributed by atoms with van der Waals surface area (Å²) >= 11 is 0. The fourth-order valence-corrected chi connectivity index (χ4v) is 2.63. The van der Waals surface area contributed by atoms with E-state index in [-0.39, 0.29) is 5.82 Å². The van der Waals surface area contributed by atoms with Gasteiger partial charge in [-0.15, -0.1) is 0 Å². The second-order valence-corrected chi connectivity index (χ2v) is 5.61. The van der Waals surface area contributed by atoms with Crippen LogP contribution in [0, 0.1) is 0 Å². The lowest BCUT2D eigenvalue weighted by Crippen LogP contribution is -2.32. The van der Waals surface area contributed by atoms with Crippen molar-refractivity contribution in [3.63, 3.8) is 0 Å². The van der Waals surface area contributed by atoms with Crippen LogP contribution in [0.2, 0.25) is 0 Å². The van der Waals surface area contributed by atoms with Crippen LogP contribution in [0.3, 0.4) is 0 Å².